The summed E-state index contributed by atoms with van der Waals surface area (Å²) in [6.45, 7) is 2.43. The molecule has 0 bridgehead atoms. The fourth-order valence-corrected chi connectivity index (χ4v) is 0.663. The van der Waals surface area contributed by atoms with Gasteiger partial charge in [0.1, 0.15) is 6.42 Å². The fraction of sp³-hybridized carbons (Fsp3) is 0.778. The molecule has 1 amide bonds. The summed E-state index contributed by atoms with van der Waals surface area (Å²) in [5.74, 6) is -0.659. The standard InChI is InChI=1S/C9H17NO3/c1-4-5-6-13-9(12)7-8(11)10(2)3/h4-7H2,1-3H3. The lowest BCUT2D eigenvalue weighted by atomic mass is 10.3. The highest BCUT2D eigenvalue weighted by Gasteiger charge is 2.11. The first kappa shape index (κ1) is 11.9. The molecule has 0 aromatic carbocycles. The largest absolute Gasteiger partial charge is 0.465 e. The lowest BCUT2D eigenvalue weighted by Gasteiger charge is -2.09. The smallest absolute Gasteiger partial charge is 0.315 e. The van der Waals surface area contributed by atoms with E-state index >= 15 is 0 Å². The third-order valence-electron chi connectivity index (χ3n) is 1.56. The Kier molecular flexibility index (Phi) is 5.93. The van der Waals surface area contributed by atoms with Crippen molar-refractivity contribution in [1.82, 2.24) is 4.90 Å². The first-order chi connectivity index (χ1) is 6.07. The molecule has 0 rings (SSSR count). The molecule has 0 aliphatic rings. The van der Waals surface area contributed by atoms with Gasteiger partial charge in [0, 0.05) is 14.1 Å². The van der Waals surface area contributed by atoms with Gasteiger partial charge in [0.25, 0.3) is 0 Å². The topological polar surface area (TPSA) is 46.6 Å². The van der Waals surface area contributed by atoms with Crippen LogP contribution in [0.4, 0.5) is 0 Å². The number of hydrogen-bond acceptors (Lipinski definition) is 3. The minimum atomic E-state index is -0.438. The molecular weight excluding hydrogens is 170 g/mol. The maximum absolute atomic E-state index is 11.0. The first-order valence-corrected chi connectivity index (χ1v) is 4.43. The second-order valence-electron chi connectivity index (χ2n) is 3.04. The van der Waals surface area contributed by atoms with Gasteiger partial charge < -0.3 is 9.64 Å². The van der Waals surface area contributed by atoms with Crippen molar-refractivity contribution in [2.24, 2.45) is 0 Å². The third kappa shape index (κ3) is 6.13. The van der Waals surface area contributed by atoms with Crippen molar-refractivity contribution in [3.63, 3.8) is 0 Å². The number of unbranched alkanes of at least 4 members (excludes halogenated alkanes) is 1. The number of amides is 1. The Balaban J connectivity index is 3.56. The van der Waals surface area contributed by atoms with Crippen LogP contribution in [-0.2, 0) is 14.3 Å². The Hall–Kier alpha value is -1.06. The van der Waals surface area contributed by atoms with E-state index in [9.17, 15) is 9.59 Å². The molecule has 0 aliphatic heterocycles. The Labute approximate surface area is 78.9 Å². The van der Waals surface area contributed by atoms with E-state index in [2.05, 4.69) is 0 Å². The zero-order valence-electron chi connectivity index (χ0n) is 8.50. The quantitative estimate of drug-likeness (QED) is 0.363. The molecule has 0 spiro atoms. The van der Waals surface area contributed by atoms with E-state index in [4.69, 9.17) is 4.74 Å². The van der Waals surface area contributed by atoms with Crippen LogP contribution in [0.2, 0.25) is 0 Å². The van der Waals surface area contributed by atoms with Gasteiger partial charge in [0.15, 0.2) is 0 Å². The van der Waals surface area contributed by atoms with Gasteiger partial charge in [0.2, 0.25) is 5.91 Å². The molecule has 0 atom stereocenters. The number of carbonyl (C=O) groups excluding carboxylic acids is 2. The van der Waals surface area contributed by atoms with E-state index in [1.807, 2.05) is 6.92 Å². The van der Waals surface area contributed by atoms with E-state index in [0.717, 1.165) is 12.8 Å². The van der Waals surface area contributed by atoms with Gasteiger partial charge in [-0.25, -0.2) is 0 Å². The third-order valence-corrected chi connectivity index (χ3v) is 1.56. The molecule has 0 saturated carbocycles. The summed E-state index contributed by atoms with van der Waals surface area (Å²) in [6, 6.07) is 0. The maximum atomic E-state index is 11.0. The molecule has 0 fully saturated rings. The fourth-order valence-electron chi connectivity index (χ4n) is 0.663. The van der Waals surface area contributed by atoms with Crippen LogP contribution in [-0.4, -0.2) is 37.5 Å². The second-order valence-corrected chi connectivity index (χ2v) is 3.04. The minimum Gasteiger partial charge on any atom is -0.465 e. The van der Waals surface area contributed by atoms with Gasteiger partial charge in [0.05, 0.1) is 6.61 Å². The van der Waals surface area contributed by atoms with Crippen LogP contribution in [0.25, 0.3) is 0 Å². The van der Waals surface area contributed by atoms with Crippen LogP contribution in [0.5, 0.6) is 0 Å². The van der Waals surface area contributed by atoms with E-state index < -0.39 is 5.97 Å². The molecule has 0 radical (unpaired) electrons. The highest BCUT2D eigenvalue weighted by atomic mass is 16.5. The highest BCUT2D eigenvalue weighted by Crippen LogP contribution is 1.94. The number of esters is 1. The second kappa shape index (κ2) is 6.46. The first-order valence-electron chi connectivity index (χ1n) is 4.43. The van der Waals surface area contributed by atoms with Gasteiger partial charge in [-0.05, 0) is 6.42 Å². The Bertz CT molecular complexity index is 178. The van der Waals surface area contributed by atoms with Crippen molar-refractivity contribution >= 4 is 11.9 Å². The van der Waals surface area contributed by atoms with Crippen LogP contribution >= 0.6 is 0 Å². The SMILES string of the molecule is CCCCOC(=O)CC(=O)N(C)C. The van der Waals surface area contributed by atoms with Gasteiger partial charge in [-0.15, -0.1) is 0 Å². The zero-order valence-corrected chi connectivity index (χ0v) is 8.50. The maximum Gasteiger partial charge on any atom is 0.315 e. The molecule has 0 aromatic heterocycles. The molecule has 13 heavy (non-hydrogen) atoms. The molecular formula is C9H17NO3. The average Bonchev–Trinajstić information content (AvgIpc) is 2.04. The van der Waals surface area contributed by atoms with Crippen LogP contribution in [0.15, 0.2) is 0 Å². The lowest BCUT2D eigenvalue weighted by molar-refractivity contribution is -0.148. The minimum absolute atomic E-state index is 0.156. The monoisotopic (exact) mass is 187 g/mol. The van der Waals surface area contributed by atoms with E-state index in [1.165, 1.54) is 4.90 Å². The predicted molar refractivity (Wildman–Crippen MR) is 49.2 cm³/mol. The molecule has 0 N–H and O–H groups in total. The molecule has 4 nitrogen and oxygen atoms in total. The number of ether oxygens (including phenoxy) is 1. The molecule has 0 unspecified atom stereocenters. The van der Waals surface area contributed by atoms with Crippen molar-refractivity contribution in [3.8, 4) is 0 Å². The molecule has 0 saturated heterocycles. The Morgan fingerprint density at radius 1 is 1.31 bits per heavy atom. The summed E-state index contributed by atoms with van der Waals surface area (Å²) < 4.78 is 4.82. The van der Waals surface area contributed by atoms with Gasteiger partial charge in [-0.2, -0.15) is 0 Å². The van der Waals surface area contributed by atoms with Crippen LogP contribution < -0.4 is 0 Å². The van der Waals surface area contributed by atoms with Crippen LogP contribution in [0.3, 0.4) is 0 Å². The van der Waals surface area contributed by atoms with Crippen molar-refractivity contribution < 1.29 is 14.3 Å². The van der Waals surface area contributed by atoms with Crippen molar-refractivity contribution in [1.29, 1.82) is 0 Å². The number of carbonyl (C=O) groups is 2. The lowest BCUT2D eigenvalue weighted by Crippen LogP contribution is -2.25. The highest BCUT2D eigenvalue weighted by molar-refractivity contribution is 5.93. The molecule has 76 valence electrons. The summed E-state index contributed by atoms with van der Waals surface area (Å²) in [5.41, 5.74) is 0. The summed E-state index contributed by atoms with van der Waals surface area (Å²) in [6.07, 6.45) is 1.67. The number of rotatable bonds is 5. The van der Waals surface area contributed by atoms with Crippen LogP contribution in [0, 0.1) is 0 Å². The van der Waals surface area contributed by atoms with Gasteiger partial charge >= 0.3 is 5.97 Å². The van der Waals surface area contributed by atoms with Gasteiger partial charge in [-0.1, -0.05) is 13.3 Å². The molecule has 0 aromatic rings. The number of hydrogen-bond donors (Lipinski definition) is 0. The predicted octanol–water partition coefficient (Wildman–Crippen LogP) is 0.808. The Morgan fingerprint density at radius 3 is 2.38 bits per heavy atom. The van der Waals surface area contributed by atoms with E-state index in [1.54, 1.807) is 14.1 Å². The molecule has 4 heteroatoms. The zero-order chi connectivity index (χ0) is 10.3. The summed E-state index contributed by atoms with van der Waals surface area (Å²) in [4.78, 5) is 23.4. The summed E-state index contributed by atoms with van der Waals surface area (Å²) >= 11 is 0. The number of nitrogens with zero attached hydrogens (tertiary/aromatic N) is 1. The summed E-state index contributed by atoms with van der Waals surface area (Å²) in [5, 5.41) is 0. The van der Waals surface area contributed by atoms with Crippen molar-refractivity contribution in [2.75, 3.05) is 20.7 Å². The molecule has 0 heterocycles. The van der Waals surface area contributed by atoms with Gasteiger partial charge in [-0.3, -0.25) is 9.59 Å². The normalized spacial score (nSPS) is 9.46. The van der Waals surface area contributed by atoms with Crippen molar-refractivity contribution in [2.45, 2.75) is 26.2 Å². The van der Waals surface area contributed by atoms with E-state index in [0.29, 0.717) is 6.61 Å². The molecule has 0 aliphatic carbocycles. The Morgan fingerprint density at radius 2 is 1.92 bits per heavy atom. The summed E-state index contributed by atoms with van der Waals surface area (Å²) in [7, 11) is 3.23. The average molecular weight is 187 g/mol. The van der Waals surface area contributed by atoms with Crippen molar-refractivity contribution in [3.05, 3.63) is 0 Å². The van der Waals surface area contributed by atoms with E-state index in [-0.39, 0.29) is 12.3 Å². The van der Waals surface area contributed by atoms with Crippen LogP contribution in [0.1, 0.15) is 26.2 Å².